The van der Waals surface area contributed by atoms with Gasteiger partial charge in [0, 0.05) is 22.4 Å². The van der Waals surface area contributed by atoms with Gasteiger partial charge in [0.05, 0.1) is 22.9 Å². The van der Waals surface area contributed by atoms with E-state index in [0.29, 0.717) is 15.5 Å². The summed E-state index contributed by atoms with van der Waals surface area (Å²) in [5.74, 6) is -2.26. The Kier molecular flexibility index (Phi) is 8.58. The number of nitrogens with zero attached hydrogens (tertiary/aromatic N) is 2. The minimum Gasteiger partial charge on any atom is -0.545 e. The molecule has 1 aromatic heterocycles. The number of carboxylic acids is 2. The molecule has 0 saturated carbocycles. The smallest absolute Gasteiger partial charge is 0.336 e. The molecule has 0 radical (unpaired) electrons. The van der Waals surface area contributed by atoms with Crippen LogP contribution >= 0.6 is 21.6 Å². The molecule has 4 N–H and O–H groups in total. The third-order valence-electron chi connectivity index (χ3n) is 5.12. The molecule has 8 nitrogen and oxygen atoms in total. The average Bonchev–Trinajstić information content (AvgIpc) is 3.06. The highest BCUT2D eigenvalue weighted by atomic mass is 33.1. The van der Waals surface area contributed by atoms with Crippen molar-refractivity contribution in [2.75, 3.05) is 0 Å². The van der Waals surface area contributed by atoms with Crippen LogP contribution in [0, 0.1) is 6.92 Å². The lowest BCUT2D eigenvalue weighted by Crippen LogP contribution is -2.46. The summed E-state index contributed by atoms with van der Waals surface area (Å²) in [5, 5.41) is 20.1. The van der Waals surface area contributed by atoms with E-state index < -0.39 is 11.9 Å². The lowest BCUT2D eigenvalue weighted by atomic mass is 10.2. The Morgan fingerprint density at radius 2 is 1.34 bits per heavy atom. The minimum atomic E-state index is -1.25. The largest absolute Gasteiger partial charge is 0.545 e. The molecule has 0 bridgehead atoms. The van der Waals surface area contributed by atoms with Gasteiger partial charge >= 0.3 is 11.5 Å². The molecule has 35 heavy (non-hydrogen) atoms. The summed E-state index contributed by atoms with van der Waals surface area (Å²) >= 11 is 0. The minimum absolute atomic E-state index is 0.0544. The second-order valence-electron chi connectivity index (χ2n) is 7.29. The Labute approximate surface area is 209 Å². The van der Waals surface area contributed by atoms with Crippen LogP contribution in [0.4, 0.5) is 5.69 Å². The molecule has 0 saturated heterocycles. The topological polar surface area (TPSA) is 132 Å². The van der Waals surface area contributed by atoms with Crippen molar-refractivity contribution in [2.45, 2.75) is 16.7 Å². The summed E-state index contributed by atoms with van der Waals surface area (Å²) in [6.07, 6.45) is 0. The van der Waals surface area contributed by atoms with Crippen LogP contribution in [-0.4, -0.2) is 26.4 Å². The lowest BCUT2D eigenvalue weighted by Gasteiger charge is -2.09. The second kappa shape index (κ2) is 11.6. The van der Waals surface area contributed by atoms with Gasteiger partial charge in [-0.15, -0.1) is 0 Å². The lowest BCUT2D eigenvalue weighted by molar-refractivity contribution is -0.257. The molecule has 1 heterocycles. The SMILES string of the molecule is Cc1c([NH3+])c(=O)n(-c2ccccc2)n1C.O=C([O-])c1ccccc1SSc1ccccc1C(=O)O. The van der Waals surface area contributed by atoms with Gasteiger partial charge < -0.3 is 20.7 Å². The van der Waals surface area contributed by atoms with Crippen molar-refractivity contribution < 1.29 is 25.5 Å². The number of aromatic carboxylic acids is 2. The number of carboxylic acid groups (broad SMARTS) is 2. The molecule has 10 heteroatoms. The molecule has 0 spiro atoms. The fourth-order valence-corrected chi connectivity index (χ4v) is 5.48. The van der Waals surface area contributed by atoms with Gasteiger partial charge in [0.2, 0.25) is 5.69 Å². The van der Waals surface area contributed by atoms with E-state index in [0.717, 1.165) is 11.4 Å². The quantitative estimate of drug-likeness (QED) is 0.382. The molecule has 0 amide bonds. The highest BCUT2D eigenvalue weighted by Crippen LogP contribution is 2.40. The van der Waals surface area contributed by atoms with Crippen LogP contribution < -0.4 is 16.4 Å². The zero-order valence-electron chi connectivity index (χ0n) is 19.0. The van der Waals surface area contributed by atoms with Crippen molar-refractivity contribution in [3.63, 3.8) is 0 Å². The van der Waals surface area contributed by atoms with Gasteiger partial charge in [0.15, 0.2) is 0 Å². The van der Waals surface area contributed by atoms with Crippen LogP contribution in [0.2, 0.25) is 0 Å². The van der Waals surface area contributed by atoms with Gasteiger partial charge in [0.1, 0.15) is 0 Å². The maximum absolute atomic E-state index is 11.9. The first kappa shape index (κ1) is 25.9. The van der Waals surface area contributed by atoms with Gasteiger partial charge in [-0.3, -0.25) is 9.48 Å². The van der Waals surface area contributed by atoms with E-state index in [1.165, 1.54) is 33.7 Å². The summed E-state index contributed by atoms with van der Waals surface area (Å²) in [4.78, 5) is 35.0. The highest BCUT2D eigenvalue weighted by Gasteiger charge is 2.15. The van der Waals surface area contributed by atoms with Crippen molar-refractivity contribution in [3.8, 4) is 5.69 Å². The van der Waals surface area contributed by atoms with E-state index in [-0.39, 0.29) is 16.7 Å². The number of carbonyl (C=O) groups excluding carboxylic acids is 1. The van der Waals surface area contributed by atoms with E-state index >= 15 is 0 Å². The van der Waals surface area contributed by atoms with E-state index in [4.69, 9.17) is 5.11 Å². The Bertz CT molecular complexity index is 1360. The molecular formula is C25H23N3O5S2. The fraction of sp³-hybridized carbons (Fsp3) is 0.0800. The molecule has 0 aliphatic carbocycles. The van der Waals surface area contributed by atoms with Crippen molar-refractivity contribution in [1.82, 2.24) is 9.36 Å². The van der Waals surface area contributed by atoms with Gasteiger partial charge in [-0.1, -0.05) is 70.1 Å². The molecule has 0 fully saturated rings. The average molecular weight is 510 g/mol. The molecule has 4 rings (SSSR count). The maximum atomic E-state index is 11.9. The molecule has 4 aromatic rings. The maximum Gasteiger partial charge on any atom is 0.336 e. The summed E-state index contributed by atoms with van der Waals surface area (Å²) in [7, 11) is 4.26. The van der Waals surface area contributed by atoms with Gasteiger partial charge in [0.25, 0.3) is 0 Å². The van der Waals surface area contributed by atoms with E-state index in [9.17, 15) is 19.5 Å². The Morgan fingerprint density at radius 3 is 1.83 bits per heavy atom. The number of benzene rings is 3. The summed E-state index contributed by atoms with van der Waals surface area (Å²) in [6.45, 7) is 1.89. The molecule has 0 atom stereocenters. The Balaban J connectivity index is 0.000000203. The van der Waals surface area contributed by atoms with E-state index in [1.807, 2.05) is 49.0 Å². The monoisotopic (exact) mass is 509 g/mol. The number of hydrogen-bond donors (Lipinski definition) is 2. The number of hydrogen-bond acceptors (Lipinski definition) is 6. The van der Waals surface area contributed by atoms with Crippen LogP contribution in [0.15, 0.2) is 93.4 Å². The highest BCUT2D eigenvalue weighted by molar-refractivity contribution is 8.76. The van der Waals surface area contributed by atoms with Crippen LogP contribution in [0.25, 0.3) is 5.69 Å². The number of para-hydroxylation sites is 1. The number of quaternary nitrogens is 1. The van der Waals surface area contributed by atoms with E-state index in [2.05, 4.69) is 5.73 Å². The standard InChI is InChI=1S/C14H10O4S2.C11H13N3O/c15-13(16)9-5-1-3-7-11(9)19-20-12-8-4-2-6-10(12)14(17)18;1-8-10(12)11(15)14(13(8)2)9-6-4-3-5-7-9/h1-8H,(H,15,16)(H,17,18);3-7H,12H2,1-2H3. The van der Waals surface area contributed by atoms with Crippen molar-refractivity contribution in [2.24, 2.45) is 7.05 Å². The van der Waals surface area contributed by atoms with Crippen LogP contribution in [-0.2, 0) is 7.05 Å². The predicted molar refractivity (Wildman–Crippen MR) is 134 cm³/mol. The van der Waals surface area contributed by atoms with Gasteiger partial charge in [-0.25, -0.2) is 9.48 Å². The zero-order valence-corrected chi connectivity index (χ0v) is 20.6. The number of rotatable bonds is 6. The Morgan fingerprint density at radius 1 is 0.857 bits per heavy atom. The first-order valence-electron chi connectivity index (χ1n) is 10.4. The van der Waals surface area contributed by atoms with Crippen molar-refractivity contribution in [1.29, 1.82) is 0 Å². The normalized spacial score (nSPS) is 10.4. The van der Waals surface area contributed by atoms with Gasteiger partial charge in [-0.2, -0.15) is 0 Å². The van der Waals surface area contributed by atoms with Crippen molar-refractivity contribution >= 4 is 39.2 Å². The number of aromatic nitrogens is 2. The second-order valence-corrected chi connectivity index (χ2v) is 9.50. The summed E-state index contributed by atoms with van der Waals surface area (Å²) < 4.78 is 3.44. The predicted octanol–water partition coefficient (Wildman–Crippen LogP) is 2.91. The first-order chi connectivity index (χ1) is 16.7. The van der Waals surface area contributed by atoms with Crippen LogP contribution in [0.5, 0.6) is 0 Å². The molecule has 0 unspecified atom stereocenters. The molecule has 0 aliphatic heterocycles. The van der Waals surface area contributed by atoms with E-state index in [1.54, 1.807) is 41.1 Å². The van der Waals surface area contributed by atoms with Crippen LogP contribution in [0.1, 0.15) is 26.4 Å². The number of carbonyl (C=O) groups is 2. The van der Waals surface area contributed by atoms with Gasteiger partial charge in [-0.05, 0) is 37.3 Å². The third kappa shape index (κ3) is 6.04. The molecule has 180 valence electrons. The third-order valence-corrected chi connectivity index (χ3v) is 7.60. The molecule has 3 aromatic carbocycles. The molecule has 0 aliphatic rings. The zero-order chi connectivity index (χ0) is 25.5. The van der Waals surface area contributed by atoms with Crippen LogP contribution in [0.3, 0.4) is 0 Å². The fourth-order valence-electron chi connectivity index (χ4n) is 3.14. The first-order valence-corrected chi connectivity index (χ1v) is 12.5. The summed E-state index contributed by atoms with van der Waals surface area (Å²) in [6, 6.07) is 22.6. The Hall–Kier alpha value is -3.73. The molecular weight excluding hydrogens is 486 g/mol. The van der Waals surface area contributed by atoms with Crippen molar-refractivity contribution in [3.05, 3.63) is 106 Å². The summed E-state index contributed by atoms with van der Waals surface area (Å²) in [5.41, 5.74) is 6.32.